The van der Waals surface area contributed by atoms with Gasteiger partial charge in [-0.1, -0.05) is 0 Å². The number of rotatable bonds is 11. The molecule has 0 radical (unpaired) electrons. The fourth-order valence-electron chi connectivity index (χ4n) is 5.95. The van der Waals surface area contributed by atoms with Crippen LogP contribution in [0.15, 0.2) is 0 Å². The lowest BCUT2D eigenvalue weighted by Gasteiger charge is -2.49. The van der Waals surface area contributed by atoms with E-state index in [-0.39, 0.29) is 0 Å². The summed E-state index contributed by atoms with van der Waals surface area (Å²) in [4.78, 5) is 11.8. The van der Waals surface area contributed by atoms with Crippen molar-refractivity contribution in [3.8, 4) is 0 Å². The molecule has 0 unspecified atom stereocenters. The molecule has 4 saturated heterocycles. The Morgan fingerprint density at radius 2 is 0.938 bits per heavy atom. The molecule has 4 aliphatic heterocycles. The van der Waals surface area contributed by atoms with E-state index in [1.807, 2.05) is 0 Å². The Labute approximate surface area is 272 Å². The number of aliphatic hydroxyl groups is 13. The summed E-state index contributed by atoms with van der Waals surface area (Å²) in [7, 11) is 0. The summed E-state index contributed by atoms with van der Waals surface area (Å²) < 4.78 is 38.4. The van der Waals surface area contributed by atoms with Crippen molar-refractivity contribution in [2.75, 3.05) is 26.4 Å². The van der Waals surface area contributed by atoms with Gasteiger partial charge in [-0.2, -0.15) is 0 Å². The Kier molecular flexibility index (Phi) is 13.8. The molecule has 4 heterocycles. The number of ether oxygens (including phenoxy) is 7. The zero-order chi connectivity index (χ0) is 35.6. The van der Waals surface area contributed by atoms with Crippen LogP contribution in [0.2, 0.25) is 0 Å². The van der Waals surface area contributed by atoms with Crippen LogP contribution in [0.3, 0.4) is 0 Å². The molecule has 4 fully saturated rings. The van der Waals surface area contributed by atoms with Crippen LogP contribution >= 0.6 is 0 Å². The highest BCUT2D eigenvalue weighted by molar-refractivity contribution is 5.73. The van der Waals surface area contributed by atoms with Gasteiger partial charge in [-0.25, -0.2) is 0 Å². The number of aliphatic hydroxyl groups excluding tert-OH is 13. The van der Waals surface area contributed by atoms with Crippen molar-refractivity contribution in [2.45, 2.75) is 130 Å². The van der Waals surface area contributed by atoms with Crippen molar-refractivity contribution < 1.29 is 104 Å². The number of nitrogens with one attached hydrogen (secondary N) is 1. The van der Waals surface area contributed by atoms with Crippen molar-refractivity contribution in [1.82, 2.24) is 5.32 Å². The molecule has 0 bridgehead atoms. The Bertz CT molecular complexity index is 1030. The van der Waals surface area contributed by atoms with E-state index >= 15 is 0 Å². The van der Waals surface area contributed by atoms with Gasteiger partial charge in [-0.15, -0.1) is 0 Å². The number of carbonyl (C=O) groups is 1. The van der Waals surface area contributed by atoms with Gasteiger partial charge in [0, 0.05) is 6.92 Å². The quantitative estimate of drug-likeness (QED) is 0.0947. The van der Waals surface area contributed by atoms with Gasteiger partial charge in [-0.05, 0) is 0 Å². The molecular formula is C26H45NO21. The van der Waals surface area contributed by atoms with Crippen molar-refractivity contribution in [3.05, 3.63) is 0 Å². The first-order valence-corrected chi connectivity index (χ1v) is 15.1. The smallest absolute Gasteiger partial charge is 0.217 e. The monoisotopic (exact) mass is 707 g/mol. The standard InChI is InChI=1S/C26H45NO21/c1-6(32)27-11-14(35)12(33)7(2-28)43-24(11)48-22-13(34)8(3-29)44-26(19(22)40)47-21-10(5-31)45-25(18(39)16(21)37)46-20-9(4-30)42-23(41)17(38)15(20)36/h7-26,28-31,33-41H,2-5H2,1H3,(H,27,32)/t7-,8-,9-,10-,11-,12+,13+,14-,15-,16-,17-,18-,19-,20-,21+,22+,23-,24+,25+,26-/m1/s1. The van der Waals surface area contributed by atoms with Crippen LogP contribution in [0.4, 0.5) is 0 Å². The largest absolute Gasteiger partial charge is 0.394 e. The molecule has 0 spiro atoms. The second-order valence-electron chi connectivity index (χ2n) is 11.9. The second-order valence-corrected chi connectivity index (χ2v) is 11.9. The van der Waals surface area contributed by atoms with Crippen LogP contribution in [0.1, 0.15) is 6.92 Å². The summed E-state index contributed by atoms with van der Waals surface area (Å²) in [6, 6.07) is -1.49. The first kappa shape index (κ1) is 39.5. The summed E-state index contributed by atoms with van der Waals surface area (Å²) in [6.07, 6.45) is -33.5. The maximum Gasteiger partial charge on any atom is 0.217 e. The van der Waals surface area contributed by atoms with Crippen LogP contribution < -0.4 is 5.32 Å². The topological polar surface area (TPSA) is 357 Å². The van der Waals surface area contributed by atoms with Gasteiger partial charge in [0.15, 0.2) is 25.2 Å². The van der Waals surface area contributed by atoms with E-state index in [0.29, 0.717) is 0 Å². The van der Waals surface area contributed by atoms with Gasteiger partial charge >= 0.3 is 0 Å². The van der Waals surface area contributed by atoms with Gasteiger partial charge in [0.25, 0.3) is 0 Å². The zero-order valence-corrected chi connectivity index (χ0v) is 25.5. The van der Waals surface area contributed by atoms with E-state index in [1.165, 1.54) is 0 Å². The van der Waals surface area contributed by atoms with Crippen molar-refractivity contribution >= 4 is 5.91 Å². The van der Waals surface area contributed by atoms with E-state index in [0.717, 1.165) is 6.92 Å². The summed E-state index contributed by atoms with van der Waals surface area (Å²) in [5.41, 5.74) is 0. The third-order valence-electron chi connectivity index (χ3n) is 8.61. The van der Waals surface area contributed by atoms with Gasteiger partial charge in [0.2, 0.25) is 5.91 Å². The molecule has 4 rings (SSSR count). The predicted molar refractivity (Wildman–Crippen MR) is 145 cm³/mol. The fraction of sp³-hybridized carbons (Fsp3) is 0.962. The molecule has 14 N–H and O–H groups in total. The van der Waals surface area contributed by atoms with Crippen LogP contribution in [-0.4, -0.2) is 221 Å². The SMILES string of the molecule is CC(=O)N[C@H]1[C@H](O[C@H]2[C@@H](O)[C@@H](CO)O[C@H](O[C@@H]3[C@H](O)[C@@H](O)[C@H](O[C@H]4[C@H](O)[C@@H](O)[C@H](O)O[C@@H]4CO)O[C@@H]3CO)[C@@H]2O)O[C@H](CO)[C@H](O)[C@@H]1O. The molecule has 22 nitrogen and oxygen atoms in total. The second kappa shape index (κ2) is 16.8. The molecule has 20 atom stereocenters. The maximum absolute atomic E-state index is 11.8. The number of amides is 1. The maximum atomic E-state index is 11.8. The molecule has 0 saturated carbocycles. The molecule has 280 valence electrons. The lowest BCUT2D eigenvalue weighted by molar-refractivity contribution is -0.385. The highest BCUT2D eigenvalue weighted by atomic mass is 16.8. The van der Waals surface area contributed by atoms with Crippen LogP contribution in [-0.2, 0) is 38.0 Å². The minimum absolute atomic E-state index is 0.693. The van der Waals surface area contributed by atoms with Gasteiger partial charge < -0.3 is 105 Å². The fourth-order valence-corrected chi connectivity index (χ4v) is 5.95. The number of hydrogen-bond donors (Lipinski definition) is 14. The zero-order valence-electron chi connectivity index (χ0n) is 25.5. The predicted octanol–water partition coefficient (Wildman–Crippen LogP) is -9.61. The highest BCUT2D eigenvalue weighted by Gasteiger charge is 2.55. The van der Waals surface area contributed by atoms with Crippen LogP contribution in [0.25, 0.3) is 0 Å². The van der Waals surface area contributed by atoms with E-state index in [1.54, 1.807) is 0 Å². The summed E-state index contributed by atoms with van der Waals surface area (Å²) >= 11 is 0. The first-order valence-electron chi connectivity index (χ1n) is 15.1. The number of hydrogen-bond acceptors (Lipinski definition) is 21. The summed E-state index contributed by atoms with van der Waals surface area (Å²) in [5, 5.41) is 136. The van der Waals surface area contributed by atoms with Gasteiger partial charge in [0.1, 0.15) is 97.6 Å². The van der Waals surface area contributed by atoms with E-state index in [4.69, 9.17) is 33.2 Å². The Hall–Kier alpha value is -1.33. The van der Waals surface area contributed by atoms with Crippen LogP contribution in [0, 0.1) is 0 Å². The Morgan fingerprint density at radius 3 is 1.48 bits per heavy atom. The summed E-state index contributed by atoms with van der Waals surface area (Å²) in [5.74, 6) is -0.693. The first-order chi connectivity index (χ1) is 22.7. The van der Waals surface area contributed by atoms with Crippen molar-refractivity contribution in [3.63, 3.8) is 0 Å². The molecular weight excluding hydrogens is 662 g/mol. The molecule has 1 amide bonds. The molecule has 48 heavy (non-hydrogen) atoms. The van der Waals surface area contributed by atoms with E-state index in [2.05, 4.69) is 5.32 Å². The van der Waals surface area contributed by atoms with Gasteiger partial charge in [0.05, 0.1) is 26.4 Å². The summed E-state index contributed by atoms with van der Waals surface area (Å²) in [6.45, 7) is -2.35. The van der Waals surface area contributed by atoms with E-state index in [9.17, 15) is 71.2 Å². The van der Waals surface area contributed by atoms with Crippen molar-refractivity contribution in [2.24, 2.45) is 0 Å². The van der Waals surface area contributed by atoms with Crippen molar-refractivity contribution in [1.29, 1.82) is 0 Å². The normalized spacial score (nSPS) is 50.2. The molecule has 0 aromatic carbocycles. The Morgan fingerprint density at radius 1 is 0.500 bits per heavy atom. The highest BCUT2D eigenvalue weighted by Crippen LogP contribution is 2.34. The molecule has 22 heteroatoms. The average molecular weight is 708 g/mol. The van der Waals surface area contributed by atoms with Gasteiger partial charge in [-0.3, -0.25) is 4.79 Å². The molecule has 0 aliphatic carbocycles. The Balaban J connectivity index is 1.51. The number of carbonyl (C=O) groups excluding carboxylic acids is 1. The third-order valence-corrected chi connectivity index (χ3v) is 8.61. The minimum Gasteiger partial charge on any atom is -0.394 e. The molecule has 0 aromatic rings. The lowest BCUT2D eigenvalue weighted by atomic mass is 9.95. The molecule has 0 aromatic heterocycles. The lowest BCUT2D eigenvalue weighted by Crippen LogP contribution is -2.69. The van der Waals surface area contributed by atoms with Crippen LogP contribution in [0.5, 0.6) is 0 Å². The third kappa shape index (κ3) is 8.08. The average Bonchev–Trinajstić information content (AvgIpc) is 3.06. The minimum atomic E-state index is -2.03. The molecule has 4 aliphatic rings. The van der Waals surface area contributed by atoms with E-state index < -0.39 is 155 Å².